The van der Waals surface area contributed by atoms with Crippen molar-refractivity contribution in [3.8, 4) is 6.07 Å². The van der Waals surface area contributed by atoms with Crippen molar-refractivity contribution in [2.24, 2.45) is 23.7 Å². The highest BCUT2D eigenvalue weighted by molar-refractivity contribution is 5.51. The maximum Gasteiger partial charge on any atom is 0.141 e. The molecule has 2 aliphatic carbocycles. The molecule has 0 heterocycles. The number of hydrogen-bond acceptors (Lipinski definition) is 1. The van der Waals surface area contributed by atoms with Crippen molar-refractivity contribution in [3.63, 3.8) is 0 Å². The molecule has 0 aliphatic heterocycles. The molecule has 27 heavy (non-hydrogen) atoms. The van der Waals surface area contributed by atoms with E-state index in [9.17, 15) is 4.39 Å². The molecule has 1 aromatic carbocycles. The summed E-state index contributed by atoms with van der Waals surface area (Å²) in [5.41, 5.74) is 0.963. The van der Waals surface area contributed by atoms with Crippen LogP contribution in [0.25, 0.3) is 6.08 Å². The van der Waals surface area contributed by atoms with Crippen LogP contribution >= 0.6 is 0 Å². The van der Waals surface area contributed by atoms with Gasteiger partial charge in [-0.3, -0.25) is 0 Å². The van der Waals surface area contributed by atoms with Crippen LogP contribution in [0.1, 0.15) is 88.7 Å². The molecule has 0 amide bonds. The first-order valence-electron chi connectivity index (χ1n) is 11.1. The van der Waals surface area contributed by atoms with E-state index >= 15 is 0 Å². The van der Waals surface area contributed by atoms with Gasteiger partial charge in [0.25, 0.3) is 0 Å². The molecule has 0 spiro atoms. The van der Waals surface area contributed by atoms with E-state index in [-0.39, 0.29) is 5.56 Å². The minimum Gasteiger partial charge on any atom is -0.206 e. The van der Waals surface area contributed by atoms with Crippen LogP contribution in [0.2, 0.25) is 0 Å². The molecular weight excluding hydrogens is 333 g/mol. The Morgan fingerprint density at radius 3 is 2.19 bits per heavy atom. The van der Waals surface area contributed by atoms with E-state index < -0.39 is 5.82 Å². The number of halogens is 1. The van der Waals surface area contributed by atoms with Gasteiger partial charge in [0.15, 0.2) is 0 Å². The van der Waals surface area contributed by atoms with Gasteiger partial charge in [0.1, 0.15) is 11.9 Å². The molecule has 2 saturated carbocycles. The maximum atomic E-state index is 13.6. The summed E-state index contributed by atoms with van der Waals surface area (Å²) in [5.74, 6) is 3.46. The van der Waals surface area contributed by atoms with Gasteiger partial charge < -0.3 is 0 Å². The fraction of sp³-hybridized carbons (Fsp3) is 0.640. The summed E-state index contributed by atoms with van der Waals surface area (Å²) in [7, 11) is 0. The highest BCUT2D eigenvalue weighted by atomic mass is 19.1. The second-order valence-electron chi connectivity index (χ2n) is 8.80. The van der Waals surface area contributed by atoms with Crippen molar-refractivity contribution in [3.05, 3.63) is 41.2 Å². The Balaban J connectivity index is 1.36. The van der Waals surface area contributed by atoms with E-state index in [1.54, 1.807) is 6.07 Å². The molecule has 0 atom stereocenters. The molecule has 0 N–H and O–H groups in total. The molecule has 2 heteroatoms. The van der Waals surface area contributed by atoms with Crippen molar-refractivity contribution >= 4 is 6.08 Å². The lowest BCUT2D eigenvalue weighted by molar-refractivity contribution is 0.143. The average molecular weight is 368 g/mol. The number of nitrogens with zero attached hydrogens (tertiary/aromatic N) is 1. The Kier molecular flexibility index (Phi) is 7.50. The number of benzene rings is 1. The zero-order chi connectivity index (χ0) is 19.1. The summed E-state index contributed by atoms with van der Waals surface area (Å²) in [6, 6.07) is 6.69. The Labute approximate surface area is 164 Å². The third-order valence-electron chi connectivity index (χ3n) is 7.19. The van der Waals surface area contributed by atoms with Crippen LogP contribution in [0.5, 0.6) is 0 Å². The van der Waals surface area contributed by atoms with E-state index in [0.29, 0.717) is 0 Å². The van der Waals surface area contributed by atoms with Crippen molar-refractivity contribution in [1.29, 1.82) is 5.26 Å². The van der Waals surface area contributed by atoms with Crippen LogP contribution < -0.4 is 0 Å². The monoisotopic (exact) mass is 367 g/mol. The molecule has 1 aromatic rings. The lowest BCUT2D eigenvalue weighted by atomic mass is 9.68. The van der Waals surface area contributed by atoms with Crippen molar-refractivity contribution in [2.45, 2.75) is 77.6 Å². The van der Waals surface area contributed by atoms with E-state index in [2.05, 4.69) is 13.0 Å². The van der Waals surface area contributed by atoms with Gasteiger partial charge in [-0.15, -0.1) is 0 Å². The number of nitriles is 1. The fourth-order valence-corrected chi connectivity index (χ4v) is 5.29. The predicted molar refractivity (Wildman–Crippen MR) is 111 cm³/mol. The lowest BCUT2D eigenvalue weighted by Crippen LogP contribution is -2.25. The molecule has 2 aliphatic rings. The largest absolute Gasteiger partial charge is 0.206 e. The highest BCUT2D eigenvalue weighted by Crippen LogP contribution is 2.42. The predicted octanol–water partition coefficient (Wildman–Crippen LogP) is 7.51. The van der Waals surface area contributed by atoms with Crippen LogP contribution in [-0.2, 0) is 0 Å². The SMILES string of the molecule is CCC1CCC(C2CCC(CCC=Cc3ccc(C#N)c(F)c3)CC2)CC1. The van der Waals surface area contributed by atoms with Gasteiger partial charge in [0, 0.05) is 0 Å². The molecule has 3 rings (SSSR count). The van der Waals surface area contributed by atoms with Crippen molar-refractivity contribution in [2.75, 3.05) is 0 Å². The quantitative estimate of drug-likeness (QED) is 0.510. The molecular formula is C25H34FN. The van der Waals surface area contributed by atoms with E-state index in [0.717, 1.165) is 35.7 Å². The maximum absolute atomic E-state index is 13.6. The standard InChI is InChI=1S/C25H34FN/c1-2-19-7-12-22(13-8-19)23-14-9-20(10-15-23)5-3-4-6-21-11-16-24(18-27)25(26)17-21/h4,6,11,16-17,19-20,22-23H,2-3,5,7-10,12-15H2,1H3. The topological polar surface area (TPSA) is 23.8 Å². The zero-order valence-electron chi connectivity index (χ0n) is 16.8. The van der Waals surface area contributed by atoms with Crippen molar-refractivity contribution < 1.29 is 4.39 Å². The smallest absolute Gasteiger partial charge is 0.141 e. The van der Waals surface area contributed by atoms with Gasteiger partial charge in [-0.2, -0.15) is 5.26 Å². The number of hydrogen-bond donors (Lipinski definition) is 0. The highest BCUT2D eigenvalue weighted by Gasteiger charge is 2.30. The summed E-state index contributed by atoms with van der Waals surface area (Å²) in [6.45, 7) is 2.35. The van der Waals surface area contributed by atoms with E-state index in [1.165, 1.54) is 70.3 Å². The van der Waals surface area contributed by atoms with E-state index in [1.807, 2.05) is 18.2 Å². The van der Waals surface area contributed by atoms with Gasteiger partial charge in [-0.1, -0.05) is 57.2 Å². The average Bonchev–Trinajstić information content (AvgIpc) is 2.72. The van der Waals surface area contributed by atoms with E-state index in [4.69, 9.17) is 5.26 Å². The molecule has 146 valence electrons. The first-order chi connectivity index (χ1) is 13.2. The van der Waals surface area contributed by atoms with Crippen LogP contribution in [0.3, 0.4) is 0 Å². The molecule has 0 aromatic heterocycles. The lowest BCUT2D eigenvalue weighted by Gasteiger charge is -2.37. The number of rotatable bonds is 6. The Hall–Kier alpha value is -1.62. The van der Waals surface area contributed by atoms with Crippen LogP contribution in [0.4, 0.5) is 4.39 Å². The molecule has 0 unspecified atom stereocenters. The van der Waals surface area contributed by atoms with Gasteiger partial charge in [-0.05, 0) is 79.9 Å². The summed E-state index contributed by atoms with van der Waals surface area (Å²) < 4.78 is 13.6. The number of allylic oxidation sites excluding steroid dienone is 1. The van der Waals surface area contributed by atoms with Gasteiger partial charge in [0.2, 0.25) is 0 Å². The Bertz CT molecular complexity index is 655. The molecule has 0 saturated heterocycles. The Morgan fingerprint density at radius 1 is 1.00 bits per heavy atom. The van der Waals surface area contributed by atoms with Crippen LogP contribution in [0, 0.1) is 40.8 Å². The summed E-state index contributed by atoms with van der Waals surface area (Å²) >= 11 is 0. The van der Waals surface area contributed by atoms with Gasteiger partial charge in [-0.25, -0.2) is 4.39 Å². The minimum atomic E-state index is -0.425. The van der Waals surface area contributed by atoms with Crippen LogP contribution in [0.15, 0.2) is 24.3 Å². The summed E-state index contributed by atoms with van der Waals surface area (Å²) in [6.07, 6.45) is 19.5. The normalized spacial score (nSPS) is 28.9. The summed E-state index contributed by atoms with van der Waals surface area (Å²) in [5, 5.41) is 8.78. The zero-order valence-corrected chi connectivity index (χ0v) is 16.8. The second kappa shape index (κ2) is 10.1. The first kappa shape index (κ1) is 20.1. The fourth-order valence-electron chi connectivity index (χ4n) is 5.29. The minimum absolute atomic E-state index is 0.118. The Morgan fingerprint density at radius 2 is 1.63 bits per heavy atom. The molecule has 0 bridgehead atoms. The van der Waals surface area contributed by atoms with Crippen LogP contribution in [-0.4, -0.2) is 0 Å². The third kappa shape index (κ3) is 5.68. The molecule has 1 nitrogen and oxygen atoms in total. The first-order valence-corrected chi connectivity index (χ1v) is 11.1. The summed E-state index contributed by atoms with van der Waals surface area (Å²) in [4.78, 5) is 0. The van der Waals surface area contributed by atoms with Gasteiger partial charge in [0.05, 0.1) is 5.56 Å². The molecule has 0 radical (unpaired) electrons. The van der Waals surface area contributed by atoms with Crippen molar-refractivity contribution in [1.82, 2.24) is 0 Å². The second-order valence-corrected chi connectivity index (χ2v) is 8.80. The third-order valence-corrected chi connectivity index (χ3v) is 7.19. The van der Waals surface area contributed by atoms with Gasteiger partial charge >= 0.3 is 0 Å². The molecule has 2 fully saturated rings.